The van der Waals surface area contributed by atoms with Gasteiger partial charge in [0, 0.05) is 29.8 Å². The number of hydrogen-bond acceptors (Lipinski definition) is 6. The molecule has 1 atom stereocenters. The van der Waals surface area contributed by atoms with Crippen LogP contribution in [0.5, 0.6) is 5.75 Å². The van der Waals surface area contributed by atoms with Gasteiger partial charge in [0.25, 0.3) is 5.56 Å². The molecule has 6 rings (SSSR count). The Morgan fingerprint density at radius 1 is 1.06 bits per heavy atom. The summed E-state index contributed by atoms with van der Waals surface area (Å²) in [6.45, 7) is 4.19. The van der Waals surface area contributed by atoms with Gasteiger partial charge in [0.2, 0.25) is 0 Å². The van der Waals surface area contributed by atoms with Crippen LogP contribution in [0.4, 0.5) is 0 Å². The van der Waals surface area contributed by atoms with Gasteiger partial charge < -0.3 is 4.74 Å². The van der Waals surface area contributed by atoms with Crippen LogP contribution >= 0.6 is 11.3 Å². The van der Waals surface area contributed by atoms with Crippen molar-refractivity contribution in [3.63, 3.8) is 0 Å². The Bertz CT molecular complexity index is 1740. The molecule has 0 amide bonds. The molecule has 1 aliphatic heterocycles. The first kappa shape index (κ1) is 22.6. The third-order valence-electron chi connectivity index (χ3n) is 6.89. The molecule has 0 saturated carbocycles. The number of pyridine rings is 1. The molecule has 0 spiro atoms. The SMILES string of the molecule is COc1ccc(C2C3=C(CC(C)(C)CC3=O)N=c3sc(=Cc4ccc5ccncc5c4)c(=O)n32)cc1. The van der Waals surface area contributed by atoms with Gasteiger partial charge in [0.05, 0.1) is 23.4 Å². The number of carbonyl (C=O) groups is 1. The summed E-state index contributed by atoms with van der Waals surface area (Å²) in [5, 5.41) is 2.11. The van der Waals surface area contributed by atoms with Crippen LogP contribution in [-0.4, -0.2) is 22.4 Å². The summed E-state index contributed by atoms with van der Waals surface area (Å²) in [6.07, 6.45) is 6.62. The molecule has 2 aromatic carbocycles. The number of allylic oxidation sites excluding steroid dienone is 2. The number of methoxy groups -OCH3 is 1. The second kappa shape index (κ2) is 8.38. The molecular formula is C29H25N3O3S. The second-order valence-electron chi connectivity index (χ2n) is 10.1. The highest BCUT2D eigenvalue weighted by Crippen LogP contribution is 2.43. The normalized spacial score (nSPS) is 19.1. The number of fused-ring (bicyclic) bond motifs is 2. The van der Waals surface area contributed by atoms with Crippen molar-refractivity contribution in [3.05, 3.63) is 103 Å². The minimum absolute atomic E-state index is 0.0575. The second-order valence-corrected chi connectivity index (χ2v) is 11.1. The maximum absolute atomic E-state index is 13.8. The third kappa shape index (κ3) is 3.80. The Balaban J connectivity index is 1.56. The van der Waals surface area contributed by atoms with E-state index in [0.29, 0.717) is 27.7 Å². The molecular weight excluding hydrogens is 470 g/mol. The first-order valence-corrected chi connectivity index (χ1v) is 12.7. The molecule has 0 bridgehead atoms. The number of benzene rings is 2. The molecule has 2 aliphatic rings. The van der Waals surface area contributed by atoms with Crippen LogP contribution in [0.2, 0.25) is 0 Å². The summed E-state index contributed by atoms with van der Waals surface area (Å²) >= 11 is 1.37. The minimum Gasteiger partial charge on any atom is -0.497 e. The number of rotatable bonds is 3. The lowest BCUT2D eigenvalue weighted by Crippen LogP contribution is -2.42. The highest BCUT2D eigenvalue weighted by atomic mass is 32.1. The number of ketones is 1. The maximum Gasteiger partial charge on any atom is 0.271 e. The average Bonchev–Trinajstić information content (AvgIpc) is 3.16. The van der Waals surface area contributed by atoms with Gasteiger partial charge in [-0.2, -0.15) is 0 Å². The molecule has 180 valence electrons. The van der Waals surface area contributed by atoms with E-state index >= 15 is 0 Å². The molecule has 36 heavy (non-hydrogen) atoms. The number of ether oxygens (including phenoxy) is 1. The lowest BCUT2D eigenvalue weighted by atomic mass is 9.73. The summed E-state index contributed by atoms with van der Waals surface area (Å²) < 4.78 is 7.61. The van der Waals surface area contributed by atoms with Gasteiger partial charge in [-0.05, 0) is 58.7 Å². The lowest BCUT2D eigenvalue weighted by molar-refractivity contribution is -0.118. The Morgan fingerprint density at radius 2 is 1.86 bits per heavy atom. The number of carbonyl (C=O) groups excluding carboxylic acids is 1. The molecule has 6 nitrogen and oxygen atoms in total. The number of hydrogen-bond donors (Lipinski definition) is 0. The van der Waals surface area contributed by atoms with Gasteiger partial charge in [-0.25, -0.2) is 4.99 Å². The summed E-state index contributed by atoms with van der Waals surface area (Å²) in [6, 6.07) is 15.1. The van der Waals surface area contributed by atoms with Crippen LogP contribution in [0.15, 0.2) is 82.0 Å². The van der Waals surface area contributed by atoms with Crippen molar-refractivity contribution in [2.75, 3.05) is 7.11 Å². The Kier molecular flexibility index (Phi) is 5.26. The third-order valence-corrected chi connectivity index (χ3v) is 7.87. The van der Waals surface area contributed by atoms with E-state index in [0.717, 1.165) is 33.3 Å². The van der Waals surface area contributed by atoms with E-state index in [1.165, 1.54) is 11.3 Å². The number of thiazole rings is 1. The van der Waals surface area contributed by atoms with Crippen molar-refractivity contribution in [2.45, 2.75) is 32.7 Å². The Morgan fingerprint density at radius 3 is 2.64 bits per heavy atom. The van der Waals surface area contributed by atoms with Gasteiger partial charge >= 0.3 is 0 Å². The summed E-state index contributed by atoms with van der Waals surface area (Å²) in [4.78, 5) is 36.9. The zero-order chi connectivity index (χ0) is 25.0. The average molecular weight is 496 g/mol. The van der Waals surface area contributed by atoms with Crippen molar-refractivity contribution >= 4 is 34.0 Å². The first-order chi connectivity index (χ1) is 17.3. The number of aromatic nitrogens is 2. The fraction of sp³-hybridized carbons (Fsp3) is 0.241. The standard InChI is InChI=1S/C29H25N3O3S/c1-29(2)14-22-25(23(33)15-29)26(19-6-8-21(35-3)9-7-19)32-27(34)24(36-28(32)31-22)13-17-4-5-18-10-11-30-16-20(18)12-17/h4-13,16,26H,14-15H2,1-3H3. The predicted molar refractivity (Wildman–Crippen MR) is 141 cm³/mol. The van der Waals surface area contributed by atoms with Crippen molar-refractivity contribution in [3.8, 4) is 5.75 Å². The van der Waals surface area contributed by atoms with E-state index < -0.39 is 6.04 Å². The van der Waals surface area contributed by atoms with E-state index in [2.05, 4.69) is 18.8 Å². The molecule has 0 saturated heterocycles. The van der Waals surface area contributed by atoms with Gasteiger partial charge in [0.15, 0.2) is 10.6 Å². The molecule has 0 fully saturated rings. The van der Waals surface area contributed by atoms with Crippen LogP contribution in [0, 0.1) is 5.41 Å². The summed E-state index contributed by atoms with van der Waals surface area (Å²) in [7, 11) is 1.62. The molecule has 1 aliphatic carbocycles. The van der Waals surface area contributed by atoms with E-state index in [9.17, 15) is 9.59 Å². The first-order valence-electron chi connectivity index (χ1n) is 11.9. The van der Waals surface area contributed by atoms with Crippen LogP contribution < -0.4 is 19.6 Å². The van der Waals surface area contributed by atoms with Gasteiger partial charge in [-0.15, -0.1) is 0 Å². The maximum atomic E-state index is 13.8. The largest absolute Gasteiger partial charge is 0.497 e. The van der Waals surface area contributed by atoms with Crippen LogP contribution in [0.1, 0.15) is 43.9 Å². The summed E-state index contributed by atoms with van der Waals surface area (Å²) in [5.41, 5.74) is 2.91. The van der Waals surface area contributed by atoms with Crippen molar-refractivity contribution in [1.29, 1.82) is 0 Å². The monoisotopic (exact) mass is 495 g/mol. The Hall–Kier alpha value is -3.84. The molecule has 4 aromatic rings. The van der Waals surface area contributed by atoms with E-state index in [1.807, 2.05) is 60.8 Å². The quantitative estimate of drug-likeness (QED) is 0.428. The Labute approximate surface area is 211 Å². The smallest absolute Gasteiger partial charge is 0.271 e. The fourth-order valence-corrected chi connectivity index (χ4v) is 6.22. The van der Waals surface area contributed by atoms with Gasteiger partial charge in [-0.3, -0.25) is 19.1 Å². The van der Waals surface area contributed by atoms with Crippen LogP contribution in [0.25, 0.3) is 16.8 Å². The molecule has 0 radical (unpaired) electrons. The van der Waals surface area contributed by atoms with E-state index in [-0.39, 0.29) is 16.8 Å². The molecule has 7 heteroatoms. The van der Waals surface area contributed by atoms with Crippen LogP contribution in [-0.2, 0) is 4.79 Å². The molecule has 3 heterocycles. The van der Waals surface area contributed by atoms with Crippen molar-refractivity contribution in [1.82, 2.24) is 9.55 Å². The molecule has 2 aromatic heterocycles. The van der Waals surface area contributed by atoms with E-state index in [4.69, 9.17) is 9.73 Å². The summed E-state index contributed by atoms with van der Waals surface area (Å²) in [5.74, 6) is 0.782. The topological polar surface area (TPSA) is 73.6 Å². The highest BCUT2D eigenvalue weighted by molar-refractivity contribution is 7.07. The van der Waals surface area contributed by atoms with E-state index in [1.54, 1.807) is 17.9 Å². The van der Waals surface area contributed by atoms with Crippen molar-refractivity contribution < 1.29 is 9.53 Å². The molecule has 0 N–H and O–H groups in total. The van der Waals surface area contributed by atoms with Crippen molar-refractivity contribution in [2.24, 2.45) is 10.4 Å². The zero-order valence-electron chi connectivity index (χ0n) is 20.3. The highest BCUT2D eigenvalue weighted by Gasteiger charge is 2.40. The predicted octanol–water partition coefficient (Wildman–Crippen LogP) is 4.16. The molecule has 1 unspecified atom stereocenters. The zero-order valence-corrected chi connectivity index (χ0v) is 21.1. The van der Waals surface area contributed by atoms with Gasteiger partial charge in [0.1, 0.15) is 5.75 Å². The van der Waals surface area contributed by atoms with Gasteiger partial charge in [-0.1, -0.05) is 49.4 Å². The number of nitrogens with zero attached hydrogens (tertiary/aromatic N) is 3. The van der Waals surface area contributed by atoms with Crippen LogP contribution in [0.3, 0.4) is 0 Å². The lowest BCUT2D eigenvalue weighted by Gasteiger charge is -2.35. The fourth-order valence-electron chi connectivity index (χ4n) is 5.20. The number of Topliss-reactive ketones (excluding diaryl/α,β-unsaturated/α-hetero) is 1. The minimum atomic E-state index is -0.506.